The zero-order valence-corrected chi connectivity index (χ0v) is 20.0. The molecular formula is C25H36N2O3S. The minimum Gasteiger partial charge on any atom is -0.491 e. The standard InChI is InChI=1S/C25H36N2O3S/c1-5-20(28)15-26(14-18(2)3)16-25(29)27-12-10-24-22(11-13-31-24)23(27)17-30-21-8-6-19(4)7-9-21/h6-9,11,13,18,20,23,28H,5,10,12,14-17H2,1-4H3. The van der Waals surface area contributed by atoms with E-state index in [1.807, 2.05) is 36.1 Å². The molecule has 0 aliphatic carbocycles. The number of nitrogens with zero attached hydrogens (tertiary/aromatic N) is 2. The molecule has 1 aromatic heterocycles. The number of aryl methyl sites for hydroxylation is 1. The Labute approximate surface area is 190 Å². The molecule has 0 saturated carbocycles. The highest BCUT2D eigenvalue weighted by Crippen LogP contribution is 2.34. The van der Waals surface area contributed by atoms with E-state index in [1.54, 1.807) is 11.3 Å². The number of rotatable bonds is 10. The molecule has 6 heteroatoms. The molecule has 2 atom stereocenters. The summed E-state index contributed by atoms with van der Waals surface area (Å²) in [5.41, 5.74) is 2.40. The minimum atomic E-state index is -0.406. The first kappa shape index (κ1) is 23.8. The van der Waals surface area contributed by atoms with Crippen LogP contribution in [0.5, 0.6) is 5.75 Å². The number of thiophene rings is 1. The molecule has 5 nitrogen and oxygen atoms in total. The number of benzene rings is 1. The number of hydrogen-bond acceptors (Lipinski definition) is 5. The van der Waals surface area contributed by atoms with Gasteiger partial charge in [-0.25, -0.2) is 0 Å². The fourth-order valence-electron chi connectivity index (χ4n) is 4.11. The van der Waals surface area contributed by atoms with Gasteiger partial charge in [-0.3, -0.25) is 9.69 Å². The highest BCUT2D eigenvalue weighted by atomic mass is 32.1. The molecule has 3 rings (SSSR count). The molecule has 1 aliphatic heterocycles. The van der Waals surface area contributed by atoms with E-state index in [0.717, 1.165) is 18.7 Å². The molecule has 1 N–H and O–H groups in total. The van der Waals surface area contributed by atoms with Gasteiger partial charge in [-0.2, -0.15) is 0 Å². The van der Waals surface area contributed by atoms with E-state index in [9.17, 15) is 9.90 Å². The summed E-state index contributed by atoms with van der Waals surface area (Å²) in [4.78, 5) is 18.8. The Morgan fingerprint density at radius 3 is 2.68 bits per heavy atom. The zero-order valence-electron chi connectivity index (χ0n) is 19.2. The van der Waals surface area contributed by atoms with Crippen LogP contribution in [0.4, 0.5) is 0 Å². The molecule has 2 heterocycles. The highest BCUT2D eigenvalue weighted by Gasteiger charge is 2.33. The monoisotopic (exact) mass is 444 g/mol. The molecule has 1 aliphatic rings. The van der Waals surface area contributed by atoms with Gasteiger partial charge < -0.3 is 14.7 Å². The smallest absolute Gasteiger partial charge is 0.237 e. The third-order valence-corrected chi connectivity index (χ3v) is 6.76. The number of carbonyl (C=O) groups excluding carboxylic acids is 1. The number of fused-ring (bicyclic) bond motifs is 1. The van der Waals surface area contributed by atoms with Crippen molar-refractivity contribution in [1.82, 2.24) is 9.80 Å². The lowest BCUT2D eigenvalue weighted by Crippen LogP contribution is -2.48. The molecule has 0 bridgehead atoms. The van der Waals surface area contributed by atoms with Crippen molar-refractivity contribution in [3.8, 4) is 5.75 Å². The molecule has 1 aromatic carbocycles. The largest absolute Gasteiger partial charge is 0.491 e. The molecule has 0 radical (unpaired) electrons. The van der Waals surface area contributed by atoms with E-state index in [0.29, 0.717) is 38.6 Å². The van der Waals surface area contributed by atoms with Crippen molar-refractivity contribution in [2.45, 2.75) is 52.7 Å². The lowest BCUT2D eigenvalue weighted by Gasteiger charge is -2.37. The van der Waals surface area contributed by atoms with Gasteiger partial charge in [-0.15, -0.1) is 11.3 Å². The number of carbonyl (C=O) groups is 1. The molecule has 0 fully saturated rings. The van der Waals surface area contributed by atoms with Gasteiger partial charge in [-0.1, -0.05) is 38.5 Å². The van der Waals surface area contributed by atoms with E-state index >= 15 is 0 Å². The molecular weight excluding hydrogens is 408 g/mol. The summed E-state index contributed by atoms with van der Waals surface area (Å²) in [6.45, 7) is 11.1. The van der Waals surface area contributed by atoms with Crippen LogP contribution >= 0.6 is 11.3 Å². The maximum atomic E-state index is 13.4. The third-order valence-electron chi connectivity index (χ3n) is 5.77. The molecule has 2 unspecified atom stereocenters. The molecule has 170 valence electrons. The highest BCUT2D eigenvalue weighted by molar-refractivity contribution is 7.10. The fourth-order valence-corrected chi connectivity index (χ4v) is 5.04. The van der Waals surface area contributed by atoms with Crippen molar-refractivity contribution in [3.05, 3.63) is 51.7 Å². The summed E-state index contributed by atoms with van der Waals surface area (Å²) in [6, 6.07) is 10.1. The average Bonchev–Trinajstić information content (AvgIpc) is 3.21. The van der Waals surface area contributed by atoms with E-state index in [1.165, 1.54) is 16.0 Å². The molecule has 31 heavy (non-hydrogen) atoms. The normalized spacial score (nSPS) is 17.1. The van der Waals surface area contributed by atoms with Gasteiger partial charge in [0.15, 0.2) is 0 Å². The second-order valence-electron chi connectivity index (χ2n) is 8.93. The third kappa shape index (κ3) is 6.55. The van der Waals surface area contributed by atoms with Crippen LogP contribution in [0, 0.1) is 12.8 Å². The predicted octanol–water partition coefficient (Wildman–Crippen LogP) is 4.29. The molecule has 0 saturated heterocycles. The van der Waals surface area contributed by atoms with Crippen molar-refractivity contribution in [3.63, 3.8) is 0 Å². The number of ether oxygens (including phenoxy) is 1. The molecule has 2 aromatic rings. The summed E-state index contributed by atoms with van der Waals surface area (Å²) in [5, 5.41) is 12.3. The summed E-state index contributed by atoms with van der Waals surface area (Å²) in [5.74, 6) is 1.37. The number of hydrogen-bond donors (Lipinski definition) is 1. The summed E-state index contributed by atoms with van der Waals surface area (Å²) in [6.07, 6.45) is 1.18. The number of aliphatic hydroxyl groups is 1. The Hall–Kier alpha value is -1.89. The van der Waals surface area contributed by atoms with Crippen molar-refractivity contribution >= 4 is 17.2 Å². The Bertz CT molecular complexity index is 834. The number of amides is 1. The van der Waals surface area contributed by atoms with E-state index in [4.69, 9.17) is 4.74 Å². The van der Waals surface area contributed by atoms with Crippen LogP contribution in [-0.2, 0) is 11.2 Å². The van der Waals surface area contributed by atoms with E-state index in [2.05, 4.69) is 37.1 Å². The zero-order chi connectivity index (χ0) is 22.4. The van der Waals surface area contributed by atoms with Gasteiger partial charge in [0.2, 0.25) is 5.91 Å². The Kier molecular flexibility index (Phi) is 8.52. The van der Waals surface area contributed by atoms with Crippen LogP contribution in [0.3, 0.4) is 0 Å². The van der Waals surface area contributed by atoms with Gasteiger partial charge in [0.05, 0.1) is 18.7 Å². The van der Waals surface area contributed by atoms with Gasteiger partial charge in [0.25, 0.3) is 0 Å². The lowest BCUT2D eigenvalue weighted by molar-refractivity contribution is -0.136. The quantitative estimate of drug-likeness (QED) is 0.594. The maximum Gasteiger partial charge on any atom is 0.237 e. The van der Waals surface area contributed by atoms with Crippen LogP contribution in [0.25, 0.3) is 0 Å². The van der Waals surface area contributed by atoms with Crippen molar-refractivity contribution in [2.24, 2.45) is 5.92 Å². The average molecular weight is 445 g/mol. The summed E-state index contributed by atoms with van der Waals surface area (Å²) < 4.78 is 6.12. The van der Waals surface area contributed by atoms with Crippen molar-refractivity contribution < 1.29 is 14.6 Å². The van der Waals surface area contributed by atoms with Crippen LogP contribution in [0.1, 0.15) is 49.2 Å². The van der Waals surface area contributed by atoms with Crippen molar-refractivity contribution in [1.29, 1.82) is 0 Å². The SMILES string of the molecule is CCC(O)CN(CC(=O)N1CCc2sccc2C1COc1ccc(C)cc1)CC(C)C. The van der Waals surface area contributed by atoms with E-state index in [-0.39, 0.29) is 11.9 Å². The first-order valence-corrected chi connectivity index (χ1v) is 12.2. The second-order valence-corrected chi connectivity index (χ2v) is 9.93. The molecule has 0 spiro atoms. The molecule has 1 amide bonds. The number of aliphatic hydroxyl groups excluding tert-OH is 1. The first-order valence-electron chi connectivity index (χ1n) is 11.3. The topological polar surface area (TPSA) is 53.0 Å². The van der Waals surface area contributed by atoms with Gasteiger partial charge in [-0.05, 0) is 54.8 Å². The van der Waals surface area contributed by atoms with Gasteiger partial charge in [0.1, 0.15) is 12.4 Å². The summed E-state index contributed by atoms with van der Waals surface area (Å²) in [7, 11) is 0. The van der Waals surface area contributed by atoms with Crippen LogP contribution in [-0.4, -0.2) is 59.7 Å². The second kappa shape index (κ2) is 11.1. The predicted molar refractivity (Wildman–Crippen MR) is 127 cm³/mol. The lowest BCUT2D eigenvalue weighted by atomic mass is 10.00. The van der Waals surface area contributed by atoms with Crippen molar-refractivity contribution in [2.75, 3.05) is 32.8 Å². The van der Waals surface area contributed by atoms with Gasteiger partial charge in [0, 0.05) is 24.5 Å². The first-order chi connectivity index (χ1) is 14.9. The van der Waals surface area contributed by atoms with Crippen LogP contribution in [0.2, 0.25) is 0 Å². The van der Waals surface area contributed by atoms with Crippen LogP contribution < -0.4 is 4.74 Å². The van der Waals surface area contributed by atoms with Crippen LogP contribution in [0.15, 0.2) is 35.7 Å². The Morgan fingerprint density at radius 2 is 2.00 bits per heavy atom. The van der Waals surface area contributed by atoms with Gasteiger partial charge >= 0.3 is 0 Å². The fraction of sp³-hybridized carbons (Fsp3) is 0.560. The Morgan fingerprint density at radius 1 is 1.26 bits per heavy atom. The summed E-state index contributed by atoms with van der Waals surface area (Å²) >= 11 is 1.76. The minimum absolute atomic E-state index is 0.0826. The maximum absolute atomic E-state index is 13.4. The van der Waals surface area contributed by atoms with E-state index < -0.39 is 6.10 Å². The Balaban J connectivity index is 1.73.